The largest absolute Gasteiger partial charge is 0.480 e. The van der Waals surface area contributed by atoms with Crippen LogP contribution in [0.5, 0.6) is 0 Å². The van der Waals surface area contributed by atoms with E-state index in [2.05, 4.69) is 0 Å². The van der Waals surface area contributed by atoms with E-state index < -0.39 is 16.0 Å². The van der Waals surface area contributed by atoms with Crippen LogP contribution in [0.2, 0.25) is 0 Å². The minimum absolute atomic E-state index is 0.687. The smallest absolute Gasteiger partial charge is 0.319 e. The van der Waals surface area contributed by atoms with Crippen molar-refractivity contribution in [3.63, 3.8) is 0 Å². The minimum atomic E-state index is -0.972. The first-order chi connectivity index (χ1) is 3.55. The van der Waals surface area contributed by atoms with Crippen molar-refractivity contribution in [2.45, 2.75) is 17.0 Å². The van der Waals surface area contributed by atoms with Gasteiger partial charge in [0.25, 0.3) is 0 Å². The SMILES string of the molecule is C[C@H](O)[C@@H](I)C(=O)O. The van der Waals surface area contributed by atoms with Crippen molar-refractivity contribution >= 4 is 28.6 Å². The molecule has 8 heavy (non-hydrogen) atoms. The molecule has 0 aliphatic heterocycles. The molecule has 0 rings (SSSR count). The molecule has 3 nitrogen and oxygen atoms in total. The number of aliphatic hydroxyl groups is 1. The highest BCUT2D eigenvalue weighted by atomic mass is 127. The number of rotatable bonds is 2. The Morgan fingerprint density at radius 2 is 2.12 bits per heavy atom. The van der Waals surface area contributed by atoms with Gasteiger partial charge in [-0.3, -0.25) is 4.79 Å². The lowest BCUT2D eigenvalue weighted by atomic mass is 10.3. The van der Waals surface area contributed by atoms with Crippen LogP contribution >= 0.6 is 22.6 Å². The van der Waals surface area contributed by atoms with E-state index in [-0.39, 0.29) is 0 Å². The Morgan fingerprint density at radius 1 is 1.75 bits per heavy atom. The lowest BCUT2D eigenvalue weighted by molar-refractivity contribution is -0.137. The Balaban J connectivity index is 3.64. The van der Waals surface area contributed by atoms with Gasteiger partial charge in [-0.05, 0) is 6.92 Å². The van der Waals surface area contributed by atoms with Gasteiger partial charge < -0.3 is 10.2 Å². The second-order valence-electron chi connectivity index (χ2n) is 1.48. The fraction of sp³-hybridized carbons (Fsp3) is 0.750. The standard InChI is InChI=1S/C4H7IO3/c1-2(6)3(5)4(7)8/h2-3,6H,1H3,(H,7,8)/t2-,3+/m0/s1. The molecule has 0 amide bonds. The van der Waals surface area contributed by atoms with Crippen LogP contribution in [0.25, 0.3) is 0 Å². The van der Waals surface area contributed by atoms with Gasteiger partial charge in [-0.2, -0.15) is 0 Å². The number of carboxylic acid groups (broad SMARTS) is 1. The van der Waals surface area contributed by atoms with E-state index >= 15 is 0 Å². The molecular weight excluding hydrogens is 223 g/mol. The molecule has 0 aromatic carbocycles. The summed E-state index contributed by atoms with van der Waals surface area (Å²) in [4.78, 5) is 9.97. The average molecular weight is 230 g/mol. The maximum atomic E-state index is 9.97. The highest BCUT2D eigenvalue weighted by Crippen LogP contribution is 2.04. The van der Waals surface area contributed by atoms with Crippen molar-refractivity contribution < 1.29 is 15.0 Å². The molecule has 48 valence electrons. The Hall–Kier alpha value is 0.160. The fourth-order valence-electron chi connectivity index (χ4n) is 0.206. The summed E-state index contributed by atoms with van der Waals surface area (Å²) >= 11 is 1.67. The van der Waals surface area contributed by atoms with Crippen LogP contribution in [0.3, 0.4) is 0 Å². The third kappa shape index (κ3) is 2.46. The van der Waals surface area contributed by atoms with Gasteiger partial charge in [0.05, 0.1) is 6.10 Å². The van der Waals surface area contributed by atoms with Gasteiger partial charge in [-0.15, -0.1) is 0 Å². The van der Waals surface area contributed by atoms with Crippen LogP contribution in [-0.2, 0) is 4.79 Å². The molecule has 0 aliphatic carbocycles. The van der Waals surface area contributed by atoms with Crippen LogP contribution in [0.15, 0.2) is 0 Å². The van der Waals surface area contributed by atoms with E-state index in [1.54, 1.807) is 22.6 Å². The molecule has 0 aromatic rings. The Kier molecular flexibility index (Phi) is 3.30. The van der Waals surface area contributed by atoms with Gasteiger partial charge >= 0.3 is 5.97 Å². The van der Waals surface area contributed by atoms with Crippen molar-refractivity contribution in [3.8, 4) is 0 Å². The second kappa shape index (κ2) is 3.24. The van der Waals surface area contributed by atoms with Gasteiger partial charge in [-0.1, -0.05) is 22.6 Å². The fourth-order valence-corrected chi connectivity index (χ4v) is 0.206. The maximum absolute atomic E-state index is 9.97. The Bertz CT molecular complexity index is 91.3. The minimum Gasteiger partial charge on any atom is -0.480 e. The summed E-state index contributed by atoms with van der Waals surface area (Å²) < 4.78 is -0.687. The van der Waals surface area contributed by atoms with E-state index in [0.717, 1.165) is 0 Å². The summed E-state index contributed by atoms with van der Waals surface area (Å²) in [5.74, 6) is -0.972. The van der Waals surface area contributed by atoms with E-state index in [4.69, 9.17) is 10.2 Å². The number of halogens is 1. The summed E-state index contributed by atoms with van der Waals surface area (Å²) in [7, 11) is 0. The predicted octanol–water partition coefficient (Wildman–Crippen LogP) is 0.255. The van der Waals surface area contributed by atoms with Crippen LogP contribution in [0.1, 0.15) is 6.92 Å². The van der Waals surface area contributed by atoms with Gasteiger partial charge in [0.15, 0.2) is 0 Å². The molecule has 0 saturated heterocycles. The molecule has 0 radical (unpaired) electrons. The molecule has 0 spiro atoms. The van der Waals surface area contributed by atoms with Crippen molar-refractivity contribution in [3.05, 3.63) is 0 Å². The monoisotopic (exact) mass is 230 g/mol. The third-order valence-corrected chi connectivity index (χ3v) is 2.23. The zero-order valence-corrected chi connectivity index (χ0v) is 6.49. The lowest BCUT2D eigenvalue weighted by Crippen LogP contribution is -2.24. The second-order valence-corrected chi connectivity index (χ2v) is 2.82. The first-order valence-electron chi connectivity index (χ1n) is 2.10. The molecule has 0 aromatic heterocycles. The molecule has 0 bridgehead atoms. The summed E-state index contributed by atoms with van der Waals surface area (Å²) in [5.41, 5.74) is 0. The van der Waals surface area contributed by atoms with Gasteiger partial charge in [0, 0.05) is 0 Å². The number of carbonyl (C=O) groups is 1. The Morgan fingerprint density at radius 3 is 2.12 bits per heavy atom. The van der Waals surface area contributed by atoms with Crippen LogP contribution in [0, 0.1) is 0 Å². The molecule has 2 atom stereocenters. The molecule has 0 unspecified atom stereocenters. The molecule has 0 heterocycles. The summed E-state index contributed by atoms with van der Waals surface area (Å²) in [6, 6.07) is 0. The number of hydrogen-bond donors (Lipinski definition) is 2. The summed E-state index contributed by atoms with van der Waals surface area (Å²) in [5, 5.41) is 16.8. The highest BCUT2D eigenvalue weighted by molar-refractivity contribution is 14.1. The van der Waals surface area contributed by atoms with Crippen molar-refractivity contribution in [1.82, 2.24) is 0 Å². The average Bonchev–Trinajstić information content (AvgIpc) is 1.64. The van der Waals surface area contributed by atoms with Crippen LogP contribution < -0.4 is 0 Å². The zero-order valence-electron chi connectivity index (χ0n) is 4.34. The zero-order chi connectivity index (χ0) is 6.73. The number of aliphatic carboxylic acids is 1. The first-order valence-corrected chi connectivity index (χ1v) is 3.35. The molecule has 0 aliphatic rings. The van der Waals surface area contributed by atoms with Gasteiger partial charge in [-0.25, -0.2) is 0 Å². The van der Waals surface area contributed by atoms with Crippen molar-refractivity contribution in [1.29, 1.82) is 0 Å². The predicted molar refractivity (Wildman–Crippen MR) is 37.1 cm³/mol. The Labute approximate surface area is 60.8 Å². The number of aliphatic hydroxyl groups excluding tert-OH is 1. The lowest BCUT2D eigenvalue weighted by Gasteiger charge is -2.04. The van der Waals surface area contributed by atoms with Gasteiger partial charge in [0.2, 0.25) is 0 Å². The summed E-state index contributed by atoms with van der Waals surface area (Å²) in [6.07, 6.45) is -0.770. The van der Waals surface area contributed by atoms with Crippen molar-refractivity contribution in [2.24, 2.45) is 0 Å². The molecular formula is C4H7IO3. The van der Waals surface area contributed by atoms with Crippen molar-refractivity contribution in [2.75, 3.05) is 0 Å². The molecule has 4 heteroatoms. The van der Waals surface area contributed by atoms with Crippen LogP contribution in [-0.4, -0.2) is 26.2 Å². The number of alkyl halides is 1. The third-order valence-electron chi connectivity index (χ3n) is 0.659. The van der Waals surface area contributed by atoms with E-state index in [0.29, 0.717) is 0 Å². The quantitative estimate of drug-likeness (QED) is 0.528. The molecule has 0 fully saturated rings. The normalized spacial score (nSPS) is 17.4. The van der Waals surface area contributed by atoms with E-state index in [1.807, 2.05) is 0 Å². The molecule has 2 N–H and O–H groups in total. The van der Waals surface area contributed by atoms with Crippen LogP contribution in [0.4, 0.5) is 0 Å². The number of hydrogen-bond acceptors (Lipinski definition) is 2. The van der Waals surface area contributed by atoms with E-state index in [9.17, 15) is 4.79 Å². The number of carboxylic acids is 1. The maximum Gasteiger partial charge on any atom is 0.319 e. The molecule has 0 saturated carbocycles. The summed E-state index contributed by atoms with van der Waals surface area (Å²) in [6.45, 7) is 1.45. The van der Waals surface area contributed by atoms with E-state index in [1.165, 1.54) is 6.92 Å². The topological polar surface area (TPSA) is 57.5 Å². The highest BCUT2D eigenvalue weighted by Gasteiger charge is 2.17. The van der Waals surface area contributed by atoms with Gasteiger partial charge in [0.1, 0.15) is 3.92 Å². The first kappa shape index (κ1) is 8.16.